The number of hydrogen-bond acceptors (Lipinski definition) is 4. The average Bonchev–Trinajstić information content (AvgIpc) is 2.94. The number of ether oxygens (including phenoxy) is 1. The first kappa shape index (κ1) is 15.0. The number of nitrogens with zero attached hydrogens (tertiary/aromatic N) is 4. The minimum Gasteiger partial charge on any atom is -0.494 e. The highest BCUT2D eigenvalue weighted by Gasteiger charge is 2.06. The zero-order chi connectivity index (χ0) is 15.1. The van der Waals surface area contributed by atoms with Crippen LogP contribution >= 0.6 is 0 Å². The summed E-state index contributed by atoms with van der Waals surface area (Å²) in [4.78, 5) is 4.48. The highest BCUT2D eigenvalue weighted by molar-refractivity contribution is 5.34. The number of aromatic nitrogens is 3. The molecule has 21 heavy (non-hydrogen) atoms. The molecule has 110 valence electrons. The van der Waals surface area contributed by atoms with Gasteiger partial charge in [0.05, 0.1) is 18.2 Å². The Morgan fingerprint density at radius 2 is 1.95 bits per heavy atom. The van der Waals surface area contributed by atoms with Crippen LogP contribution in [0.4, 0.5) is 0 Å². The van der Waals surface area contributed by atoms with E-state index in [0.29, 0.717) is 12.2 Å². The maximum Gasteiger partial charge on any atom is 0.150 e. The van der Waals surface area contributed by atoms with Crippen molar-refractivity contribution < 1.29 is 4.74 Å². The molecule has 2 aromatic rings. The van der Waals surface area contributed by atoms with Gasteiger partial charge in [-0.2, -0.15) is 10.4 Å². The van der Waals surface area contributed by atoms with Gasteiger partial charge in [-0.15, -0.1) is 0 Å². The first-order valence-electron chi connectivity index (χ1n) is 7.32. The summed E-state index contributed by atoms with van der Waals surface area (Å²) in [5.41, 5.74) is 0.643. The number of benzene rings is 1. The number of nitriles is 1. The molecule has 1 aromatic heterocycles. The van der Waals surface area contributed by atoms with E-state index >= 15 is 0 Å². The van der Waals surface area contributed by atoms with Crippen molar-refractivity contribution >= 4 is 0 Å². The molecule has 0 saturated heterocycles. The van der Waals surface area contributed by atoms with E-state index < -0.39 is 0 Å². The Kier molecular flexibility index (Phi) is 5.33. The van der Waals surface area contributed by atoms with Crippen molar-refractivity contribution in [2.45, 2.75) is 39.7 Å². The minimum atomic E-state index is 0.621. The highest BCUT2D eigenvalue weighted by atomic mass is 16.5. The summed E-state index contributed by atoms with van der Waals surface area (Å²) in [5, 5.41) is 13.2. The molecular weight excluding hydrogens is 264 g/mol. The first-order valence-corrected chi connectivity index (χ1v) is 7.32. The number of hydrogen-bond donors (Lipinski definition) is 0. The Balaban J connectivity index is 1.81. The zero-order valence-corrected chi connectivity index (χ0v) is 12.5. The molecule has 0 spiro atoms. The SMILES string of the molecule is CCc1nc(CC)n(CCCOc2ccc(C#N)cc2)n1. The third kappa shape index (κ3) is 4.06. The molecule has 0 amide bonds. The van der Waals surface area contributed by atoms with Crippen LogP contribution in [0, 0.1) is 11.3 Å². The van der Waals surface area contributed by atoms with Crippen molar-refractivity contribution in [2.24, 2.45) is 0 Å². The molecule has 5 nitrogen and oxygen atoms in total. The molecule has 2 rings (SSSR count). The molecule has 0 fully saturated rings. The van der Waals surface area contributed by atoms with Crippen LogP contribution in [0.5, 0.6) is 5.75 Å². The molecule has 0 unspecified atom stereocenters. The lowest BCUT2D eigenvalue weighted by molar-refractivity contribution is 0.297. The van der Waals surface area contributed by atoms with Gasteiger partial charge in [0.2, 0.25) is 0 Å². The second kappa shape index (κ2) is 7.44. The Hall–Kier alpha value is -2.35. The first-order chi connectivity index (χ1) is 10.3. The van der Waals surface area contributed by atoms with Crippen LogP contribution in [0.25, 0.3) is 0 Å². The van der Waals surface area contributed by atoms with Crippen LogP contribution < -0.4 is 4.74 Å². The van der Waals surface area contributed by atoms with E-state index in [-0.39, 0.29) is 0 Å². The number of rotatable bonds is 7. The summed E-state index contributed by atoms with van der Waals surface area (Å²) in [6, 6.07) is 9.25. The smallest absolute Gasteiger partial charge is 0.150 e. The van der Waals surface area contributed by atoms with Crippen molar-refractivity contribution in [3.63, 3.8) is 0 Å². The summed E-state index contributed by atoms with van der Waals surface area (Å²) in [6.45, 7) is 5.59. The molecule has 1 aromatic carbocycles. The van der Waals surface area contributed by atoms with Crippen LogP contribution in [0.15, 0.2) is 24.3 Å². The summed E-state index contributed by atoms with van der Waals surface area (Å²) >= 11 is 0. The van der Waals surface area contributed by atoms with Gasteiger partial charge in [0, 0.05) is 25.8 Å². The monoisotopic (exact) mass is 284 g/mol. The van der Waals surface area contributed by atoms with Crippen molar-refractivity contribution in [1.29, 1.82) is 5.26 Å². The molecule has 0 bridgehead atoms. The maximum atomic E-state index is 8.73. The van der Waals surface area contributed by atoms with Gasteiger partial charge >= 0.3 is 0 Å². The average molecular weight is 284 g/mol. The minimum absolute atomic E-state index is 0.621. The van der Waals surface area contributed by atoms with Crippen LogP contribution in [-0.4, -0.2) is 21.4 Å². The highest BCUT2D eigenvalue weighted by Crippen LogP contribution is 2.12. The molecule has 1 heterocycles. The van der Waals surface area contributed by atoms with E-state index in [4.69, 9.17) is 10.00 Å². The Morgan fingerprint density at radius 3 is 2.57 bits per heavy atom. The molecule has 0 radical (unpaired) electrons. The summed E-state index contributed by atoms with van der Waals surface area (Å²) in [7, 11) is 0. The Labute approximate surface area is 125 Å². The topological polar surface area (TPSA) is 63.7 Å². The molecule has 0 atom stereocenters. The number of aryl methyl sites for hydroxylation is 3. The van der Waals surface area contributed by atoms with Gasteiger partial charge in [0.15, 0.2) is 5.82 Å². The molecule has 0 aliphatic rings. The molecule has 0 N–H and O–H groups in total. The fourth-order valence-corrected chi connectivity index (χ4v) is 2.05. The molecule has 0 saturated carbocycles. The lowest BCUT2D eigenvalue weighted by Gasteiger charge is -2.07. The zero-order valence-electron chi connectivity index (χ0n) is 12.5. The Morgan fingerprint density at radius 1 is 1.19 bits per heavy atom. The van der Waals surface area contributed by atoms with Gasteiger partial charge in [0.25, 0.3) is 0 Å². The van der Waals surface area contributed by atoms with Crippen LogP contribution in [0.3, 0.4) is 0 Å². The summed E-state index contributed by atoms with van der Waals surface area (Å²) < 4.78 is 7.64. The van der Waals surface area contributed by atoms with Crippen molar-refractivity contribution in [2.75, 3.05) is 6.61 Å². The van der Waals surface area contributed by atoms with E-state index in [1.54, 1.807) is 12.1 Å². The largest absolute Gasteiger partial charge is 0.494 e. The van der Waals surface area contributed by atoms with E-state index in [0.717, 1.165) is 43.2 Å². The standard InChI is InChI=1S/C16H20N4O/c1-3-15-18-16(4-2)20(19-15)10-5-11-21-14-8-6-13(12-17)7-9-14/h6-9H,3-5,10-11H2,1-2H3. The van der Waals surface area contributed by atoms with Gasteiger partial charge in [-0.3, -0.25) is 0 Å². The van der Waals surface area contributed by atoms with Gasteiger partial charge in [-0.1, -0.05) is 13.8 Å². The van der Waals surface area contributed by atoms with E-state index in [1.165, 1.54) is 0 Å². The summed E-state index contributed by atoms with van der Waals surface area (Å²) in [6.07, 6.45) is 2.63. The van der Waals surface area contributed by atoms with Crippen LogP contribution in [-0.2, 0) is 19.4 Å². The third-order valence-corrected chi connectivity index (χ3v) is 3.19. The van der Waals surface area contributed by atoms with E-state index in [1.807, 2.05) is 16.8 Å². The summed E-state index contributed by atoms with van der Waals surface area (Å²) in [5.74, 6) is 2.72. The third-order valence-electron chi connectivity index (χ3n) is 3.19. The predicted molar refractivity (Wildman–Crippen MR) is 80.0 cm³/mol. The molecule has 5 heteroatoms. The fraction of sp³-hybridized carbons (Fsp3) is 0.438. The second-order valence-corrected chi connectivity index (χ2v) is 4.71. The lowest BCUT2D eigenvalue weighted by Crippen LogP contribution is -2.09. The lowest BCUT2D eigenvalue weighted by atomic mass is 10.2. The van der Waals surface area contributed by atoms with Gasteiger partial charge in [-0.25, -0.2) is 9.67 Å². The van der Waals surface area contributed by atoms with E-state index in [2.05, 4.69) is 30.0 Å². The van der Waals surface area contributed by atoms with Crippen LogP contribution in [0.1, 0.15) is 37.5 Å². The van der Waals surface area contributed by atoms with Crippen molar-refractivity contribution in [3.05, 3.63) is 41.5 Å². The Bertz CT molecular complexity index is 610. The second-order valence-electron chi connectivity index (χ2n) is 4.71. The normalized spacial score (nSPS) is 10.3. The van der Waals surface area contributed by atoms with Crippen molar-refractivity contribution in [3.8, 4) is 11.8 Å². The predicted octanol–water partition coefficient (Wildman–Crippen LogP) is 2.74. The van der Waals surface area contributed by atoms with Crippen molar-refractivity contribution in [1.82, 2.24) is 14.8 Å². The van der Waals surface area contributed by atoms with Gasteiger partial charge < -0.3 is 4.74 Å². The maximum absolute atomic E-state index is 8.73. The van der Waals surface area contributed by atoms with Crippen LogP contribution in [0.2, 0.25) is 0 Å². The fourth-order valence-electron chi connectivity index (χ4n) is 2.05. The molecule has 0 aliphatic heterocycles. The van der Waals surface area contributed by atoms with Gasteiger partial charge in [0.1, 0.15) is 11.6 Å². The van der Waals surface area contributed by atoms with Gasteiger partial charge in [-0.05, 0) is 24.3 Å². The molecular formula is C16H20N4O. The van der Waals surface area contributed by atoms with E-state index in [9.17, 15) is 0 Å². The quantitative estimate of drug-likeness (QED) is 0.733. The molecule has 0 aliphatic carbocycles.